The number of hydrogen-bond acceptors (Lipinski definition) is 5. The van der Waals surface area contributed by atoms with Crippen LogP contribution < -0.4 is 10.2 Å². The normalized spacial score (nSPS) is 10.3. The number of carbonyl (C=O) groups is 1. The van der Waals surface area contributed by atoms with Crippen LogP contribution >= 0.6 is 23.4 Å². The van der Waals surface area contributed by atoms with Gasteiger partial charge in [-0.1, -0.05) is 41.6 Å². The number of anilines is 2. The lowest BCUT2D eigenvalue weighted by Gasteiger charge is -2.20. The Morgan fingerprint density at radius 3 is 2.52 bits per heavy atom. The summed E-state index contributed by atoms with van der Waals surface area (Å²) in [5, 5.41) is 3.67. The molecule has 1 aromatic carbocycles. The predicted molar refractivity (Wildman–Crippen MR) is 115 cm³/mol. The average molecular weight is 403 g/mol. The zero-order valence-corrected chi connectivity index (χ0v) is 17.1. The van der Waals surface area contributed by atoms with Gasteiger partial charge in [0.25, 0.3) is 0 Å². The van der Waals surface area contributed by atoms with Crippen LogP contribution in [-0.2, 0) is 4.79 Å². The Morgan fingerprint density at radius 1 is 1.19 bits per heavy atom. The molecule has 0 unspecified atom stereocenters. The summed E-state index contributed by atoms with van der Waals surface area (Å²) >= 11 is 7.37. The first-order valence-corrected chi connectivity index (χ1v) is 9.80. The van der Waals surface area contributed by atoms with Crippen molar-refractivity contribution in [1.82, 2.24) is 9.97 Å². The number of nitrogens with zero attached hydrogens (tertiary/aromatic N) is 3. The minimum Gasteiger partial charge on any atom is -0.349 e. The molecule has 7 heteroatoms. The highest BCUT2D eigenvalue weighted by Gasteiger charge is 2.12. The standard InChI is InChI=1S/C20H23ClN4OS/c1-5-9-25(10-6-2)18-12-17(21)23-20(24-18)27-13-19(26)22-16-8-7-14(3)15(4)11-16/h5-8,11-12H,1-2,9-10,13H2,3-4H3,(H,22,26). The second-order valence-electron chi connectivity index (χ2n) is 5.95. The maximum absolute atomic E-state index is 12.2. The summed E-state index contributed by atoms with van der Waals surface area (Å²) in [6.45, 7) is 12.8. The molecule has 27 heavy (non-hydrogen) atoms. The van der Waals surface area contributed by atoms with Gasteiger partial charge in [0, 0.05) is 24.8 Å². The number of benzene rings is 1. The molecule has 0 bridgehead atoms. The van der Waals surface area contributed by atoms with Crippen molar-refractivity contribution in [3.63, 3.8) is 0 Å². The van der Waals surface area contributed by atoms with E-state index in [1.165, 1.54) is 17.3 Å². The Morgan fingerprint density at radius 2 is 1.89 bits per heavy atom. The highest BCUT2D eigenvalue weighted by Crippen LogP contribution is 2.22. The van der Waals surface area contributed by atoms with Crippen molar-refractivity contribution in [3.8, 4) is 0 Å². The first kappa shape index (κ1) is 21.0. The molecule has 5 nitrogen and oxygen atoms in total. The van der Waals surface area contributed by atoms with Gasteiger partial charge in [-0.2, -0.15) is 0 Å². The molecule has 0 radical (unpaired) electrons. The molecule has 142 valence electrons. The van der Waals surface area contributed by atoms with Crippen molar-refractivity contribution < 1.29 is 4.79 Å². The van der Waals surface area contributed by atoms with E-state index in [-0.39, 0.29) is 11.7 Å². The predicted octanol–water partition coefficient (Wildman–Crippen LogP) is 4.66. The molecule has 2 rings (SSSR count). The van der Waals surface area contributed by atoms with Crippen LogP contribution in [0.5, 0.6) is 0 Å². The highest BCUT2D eigenvalue weighted by molar-refractivity contribution is 7.99. The third-order valence-electron chi connectivity index (χ3n) is 3.81. The highest BCUT2D eigenvalue weighted by atomic mass is 35.5. The largest absolute Gasteiger partial charge is 0.349 e. The molecule has 0 spiro atoms. The zero-order chi connectivity index (χ0) is 19.8. The van der Waals surface area contributed by atoms with Gasteiger partial charge in [-0.15, -0.1) is 13.2 Å². The number of halogens is 1. The maximum atomic E-state index is 12.2. The van der Waals surface area contributed by atoms with Crippen molar-refractivity contribution in [2.75, 3.05) is 29.1 Å². The summed E-state index contributed by atoms with van der Waals surface area (Å²) in [4.78, 5) is 22.9. The van der Waals surface area contributed by atoms with E-state index in [4.69, 9.17) is 11.6 Å². The summed E-state index contributed by atoms with van der Waals surface area (Å²) in [5.41, 5.74) is 3.10. The summed E-state index contributed by atoms with van der Waals surface area (Å²) < 4.78 is 0. The molecule has 0 saturated heterocycles. The molecule has 0 aliphatic carbocycles. The monoisotopic (exact) mass is 402 g/mol. The molecule has 1 aromatic heterocycles. The van der Waals surface area contributed by atoms with Gasteiger partial charge < -0.3 is 10.2 Å². The Labute approximate surface area is 169 Å². The maximum Gasteiger partial charge on any atom is 0.234 e. The summed E-state index contributed by atoms with van der Waals surface area (Å²) in [7, 11) is 0. The molecule has 1 heterocycles. The van der Waals surface area contributed by atoms with Gasteiger partial charge in [0.15, 0.2) is 5.16 Å². The lowest BCUT2D eigenvalue weighted by Crippen LogP contribution is -2.24. The number of thioether (sulfide) groups is 1. The molecule has 0 fully saturated rings. The Bertz CT molecular complexity index is 831. The number of hydrogen-bond donors (Lipinski definition) is 1. The van der Waals surface area contributed by atoms with E-state index in [0.717, 1.165) is 11.3 Å². The van der Waals surface area contributed by atoms with Gasteiger partial charge in [0.2, 0.25) is 5.91 Å². The van der Waals surface area contributed by atoms with Crippen LogP contribution in [-0.4, -0.2) is 34.7 Å². The number of rotatable bonds is 9. The zero-order valence-electron chi connectivity index (χ0n) is 15.5. The Hall–Kier alpha value is -2.31. The number of aromatic nitrogens is 2. The summed E-state index contributed by atoms with van der Waals surface area (Å²) in [6, 6.07) is 7.52. The van der Waals surface area contributed by atoms with Gasteiger partial charge in [-0.3, -0.25) is 4.79 Å². The van der Waals surface area contributed by atoms with Gasteiger partial charge >= 0.3 is 0 Å². The summed E-state index contributed by atoms with van der Waals surface area (Å²) in [6.07, 6.45) is 3.56. The smallest absolute Gasteiger partial charge is 0.234 e. The van der Waals surface area contributed by atoms with Gasteiger partial charge in [-0.05, 0) is 37.1 Å². The molecule has 1 N–H and O–H groups in total. The van der Waals surface area contributed by atoms with Crippen molar-refractivity contribution >= 4 is 40.8 Å². The van der Waals surface area contributed by atoms with Crippen LogP contribution in [0.4, 0.5) is 11.5 Å². The lowest BCUT2D eigenvalue weighted by molar-refractivity contribution is -0.113. The SMILES string of the molecule is C=CCN(CC=C)c1cc(Cl)nc(SCC(=O)Nc2ccc(C)c(C)c2)n1. The fourth-order valence-electron chi connectivity index (χ4n) is 2.33. The molecule has 1 amide bonds. The molecule has 2 aromatic rings. The van der Waals surface area contributed by atoms with Gasteiger partial charge in [0.1, 0.15) is 11.0 Å². The Balaban J connectivity index is 2.03. The minimum atomic E-state index is -0.123. The fourth-order valence-corrected chi connectivity index (χ4v) is 3.21. The van der Waals surface area contributed by atoms with Crippen LogP contribution in [0.3, 0.4) is 0 Å². The molecule has 0 aliphatic rings. The van der Waals surface area contributed by atoms with Crippen LogP contribution in [0.1, 0.15) is 11.1 Å². The van der Waals surface area contributed by atoms with Crippen LogP contribution in [0, 0.1) is 13.8 Å². The Kier molecular flexibility index (Phi) is 7.88. The van der Waals surface area contributed by atoms with E-state index >= 15 is 0 Å². The number of nitrogens with one attached hydrogen (secondary N) is 1. The minimum absolute atomic E-state index is 0.123. The molecular weight excluding hydrogens is 380 g/mol. The molecule has 0 atom stereocenters. The van der Waals surface area contributed by atoms with Crippen molar-refractivity contribution in [1.29, 1.82) is 0 Å². The molecular formula is C20H23ClN4OS. The van der Waals surface area contributed by atoms with E-state index in [9.17, 15) is 4.79 Å². The average Bonchev–Trinajstić information content (AvgIpc) is 2.62. The molecule has 0 aliphatic heterocycles. The quantitative estimate of drug-likeness (QED) is 0.286. The van der Waals surface area contributed by atoms with Crippen LogP contribution in [0.2, 0.25) is 5.15 Å². The first-order valence-electron chi connectivity index (χ1n) is 8.44. The topological polar surface area (TPSA) is 58.1 Å². The second-order valence-corrected chi connectivity index (χ2v) is 7.28. The van der Waals surface area contributed by atoms with Crippen LogP contribution in [0.25, 0.3) is 0 Å². The van der Waals surface area contributed by atoms with Crippen molar-refractivity contribution in [2.24, 2.45) is 0 Å². The number of aryl methyl sites for hydroxylation is 2. The third-order valence-corrected chi connectivity index (χ3v) is 4.85. The van der Waals surface area contributed by atoms with Crippen molar-refractivity contribution in [3.05, 3.63) is 65.9 Å². The summed E-state index contributed by atoms with van der Waals surface area (Å²) in [5.74, 6) is 0.740. The third kappa shape index (κ3) is 6.41. The first-order chi connectivity index (χ1) is 12.9. The van der Waals surface area contributed by atoms with E-state index in [2.05, 4.69) is 28.4 Å². The van der Waals surface area contributed by atoms with Crippen molar-refractivity contribution in [2.45, 2.75) is 19.0 Å². The number of carbonyl (C=O) groups excluding carboxylic acids is 1. The fraction of sp³-hybridized carbons (Fsp3) is 0.250. The molecule has 0 saturated carbocycles. The lowest BCUT2D eigenvalue weighted by atomic mass is 10.1. The van der Waals surface area contributed by atoms with E-state index < -0.39 is 0 Å². The second kappa shape index (κ2) is 10.1. The van der Waals surface area contributed by atoms with E-state index in [0.29, 0.717) is 29.2 Å². The van der Waals surface area contributed by atoms with Crippen LogP contribution in [0.15, 0.2) is 54.7 Å². The number of amides is 1. The van der Waals surface area contributed by atoms with E-state index in [1.807, 2.05) is 36.9 Å². The van der Waals surface area contributed by atoms with E-state index in [1.54, 1.807) is 18.2 Å². The van der Waals surface area contributed by atoms with Gasteiger partial charge in [0.05, 0.1) is 5.75 Å². The van der Waals surface area contributed by atoms with Gasteiger partial charge in [-0.25, -0.2) is 9.97 Å².